The van der Waals surface area contributed by atoms with Gasteiger partial charge in [0.15, 0.2) is 0 Å². The van der Waals surface area contributed by atoms with Crippen molar-refractivity contribution in [2.45, 2.75) is 5.38 Å². The van der Waals surface area contributed by atoms with E-state index in [1.807, 2.05) is 0 Å². The summed E-state index contributed by atoms with van der Waals surface area (Å²) in [5.74, 6) is -2.17. The van der Waals surface area contributed by atoms with E-state index in [1.54, 1.807) is 6.07 Å². The molecule has 6 heteroatoms. The van der Waals surface area contributed by atoms with E-state index in [-0.39, 0.29) is 40.7 Å². The van der Waals surface area contributed by atoms with Crippen LogP contribution in [0.4, 0.5) is 0 Å². The van der Waals surface area contributed by atoms with E-state index in [2.05, 4.69) is 0 Å². The Morgan fingerprint density at radius 2 is 1.87 bits per heavy atom. The molecule has 0 bridgehead atoms. The zero-order chi connectivity index (χ0) is 10.7. The van der Waals surface area contributed by atoms with Gasteiger partial charge < -0.3 is 15.6 Å². The average molecular weight is 236 g/mol. The molecule has 1 amide bonds. The van der Waals surface area contributed by atoms with Crippen LogP contribution in [0.3, 0.4) is 0 Å². The molecule has 74 valence electrons. The summed E-state index contributed by atoms with van der Waals surface area (Å²) >= 11 is 5.62. The van der Waals surface area contributed by atoms with Gasteiger partial charge in [0, 0.05) is 5.56 Å². The zero-order valence-electron chi connectivity index (χ0n) is 8.07. The predicted molar refractivity (Wildman–Crippen MR) is 48.6 cm³/mol. The first-order chi connectivity index (χ1) is 6.54. The average Bonchev–Trinajstić information content (AvgIpc) is 2.16. The second-order valence-electron chi connectivity index (χ2n) is 2.64. The molecule has 1 aromatic carbocycles. The minimum absolute atomic E-state index is 0. The molecule has 0 aliphatic heterocycles. The number of carboxylic acids is 1. The number of alkyl halides is 1. The number of halogens is 1. The standard InChI is InChI=1S/C9H8ClNO3.Na/c10-7(8(11)12)5-3-1-2-4-6(5)9(13)14;/h1-4,7H,(H2,11,12)(H,13,14);/q;+1/p-1. The molecule has 0 aromatic heterocycles. The van der Waals surface area contributed by atoms with Gasteiger partial charge in [0.25, 0.3) is 0 Å². The molecule has 1 atom stereocenters. The number of aromatic carboxylic acids is 1. The molecule has 0 fully saturated rings. The summed E-state index contributed by atoms with van der Waals surface area (Å²) < 4.78 is 0. The largest absolute Gasteiger partial charge is 1.00 e. The Labute approximate surface area is 114 Å². The van der Waals surface area contributed by atoms with Crippen molar-refractivity contribution in [2.75, 3.05) is 0 Å². The fourth-order valence-electron chi connectivity index (χ4n) is 1.06. The second kappa shape index (κ2) is 6.12. The fraction of sp³-hybridized carbons (Fsp3) is 0.111. The molecule has 0 saturated carbocycles. The Kier molecular flexibility index (Phi) is 5.90. The third-order valence-electron chi connectivity index (χ3n) is 1.70. The van der Waals surface area contributed by atoms with E-state index >= 15 is 0 Å². The Bertz CT molecular complexity index is 383. The van der Waals surface area contributed by atoms with E-state index in [9.17, 15) is 14.7 Å². The third kappa shape index (κ3) is 3.50. The summed E-state index contributed by atoms with van der Waals surface area (Å²) in [6.07, 6.45) is 0. The monoisotopic (exact) mass is 235 g/mol. The Morgan fingerprint density at radius 1 is 1.33 bits per heavy atom. The fourth-order valence-corrected chi connectivity index (χ4v) is 1.25. The van der Waals surface area contributed by atoms with E-state index < -0.39 is 17.3 Å². The van der Waals surface area contributed by atoms with Crippen molar-refractivity contribution < 1.29 is 44.3 Å². The molecule has 0 aliphatic rings. The summed E-state index contributed by atoms with van der Waals surface area (Å²) in [5, 5.41) is 9.48. The third-order valence-corrected chi connectivity index (χ3v) is 2.15. The van der Waals surface area contributed by atoms with Gasteiger partial charge in [-0.25, -0.2) is 0 Å². The van der Waals surface area contributed by atoms with Gasteiger partial charge in [0.1, 0.15) is 5.38 Å². The van der Waals surface area contributed by atoms with Crippen LogP contribution in [0, 0.1) is 0 Å². The van der Waals surface area contributed by atoms with Gasteiger partial charge in [0.05, 0.1) is 5.97 Å². The molecule has 0 saturated heterocycles. The maximum atomic E-state index is 10.8. The number of primary amides is 1. The van der Waals surface area contributed by atoms with E-state index in [1.165, 1.54) is 18.2 Å². The predicted octanol–water partition coefficient (Wildman–Crippen LogP) is -3.18. The number of benzene rings is 1. The van der Waals surface area contributed by atoms with E-state index in [0.29, 0.717) is 0 Å². The van der Waals surface area contributed by atoms with Crippen molar-refractivity contribution in [3.63, 3.8) is 0 Å². The first kappa shape index (κ1) is 14.5. The van der Waals surface area contributed by atoms with E-state index in [4.69, 9.17) is 17.3 Å². The van der Waals surface area contributed by atoms with Crippen LogP contribution in [0.15, 0.2) is 24.3 Å². The normalized spacial score (nSPS) is 11.3. The molecule has 0 heterocycles. The summed E-state index contributed by atoms with van der Waals surface area (Å²) in [6.45, 7) is 0. The molecular weight excluding hydrogens is 229 g/mol. The van der Waals surface area contributed by atoms with Gasteiger partial charge in [-0.1, -0.05) is 24.3 Å². The van der Waals surface area contributed by atoms with Crippen LogP contribution < -0.4 is 40.4 Å². The van der Waals surface area contributed by atoms with Crippen molar-refractivity contribution in [1.82, 2.24) is 0 Å². The zero-order valence-corrected chi connectivity index (χ0v) is 10.8. The molecule has 4 nitrogen and oxygen atoms in total. The summed E-state index contributed by atoms with van der Waals surface area (Å²) in [4.78, 5) is 21.4. The van der Waals surface area contributed by atoms with E-state index in [0.717, 1.165) is 0 Å². The summed E-state index contributed by atoms with van der Waals surface area (Å²) in [6, 6.07) is 5.82. The number of hydrogen-bond donors (Lipinski definition) is 1. The number of carbonyl (C=O) groups excluding carboxylic acids is 2. The maximum absolute atomic E-state index is 10.8. The molecule has 1 aromatic rings. The molecule has 1 rings (SSSR count). The van der Waals surface area contributed by atoms with Crippen LogP contribution in [0.2, 0.25) is 0 Å². The van der Waals surface area contributed by atoms with Crippen molar-refractivity contribution >= 4 is 23.5 Å². The van der Waals surface area contributed by atoms with Crippen LogP contribution >= 0.6 is 11.6 Å². The molecule has 1 unspecified atom stereocenters. The quantitative estimate of drug-likeness (QED) is 0.443. The van der Waals surface area contributed by atoms with Gasteiger partial charge in [-0.2, -0.15) is 0 Å². The van der Waals surface area contributed by atoms with Gasteiger partial charge in [-0.3, -0.25) is 4.79 Å². The van der Waals surface area contributed by atoms with Crippen molar-refractivity contribution in [3.05, 3.63) is 35.4 Å². The molecule has 0 spiro atoms. The first-order valence-electron chi connectivity index (χ1n) is 3.77. The summed E-state index contributed by atoms with van der Waals surface area (Å²) in [5.41, 5.74) is 4.99. The number of rotatable bonds is 3. The van der Waals surface area contributed by atoms with Gasteiger partial charge in [-0.15, -0.1) is 11.6 Å². The van der Waals surface area contributed by atoms with Crippen molar-refractivity contribution in [2.24, 2.45) is 5.73 Å². The molecule has 0 radical (unpaired) electrons. The van der Waals surface area contributed by atoms with Crippen LogP contribution in [-0.4, -0.2) is 11.9 Å². The van der Waals surface area contributed by atoms with Crippen LogP contribution in [0.25, 0.3) is 0 Å². The van der Waals surface area contributed by atoms with Crippen LogP contribution in [0.1, 0.15) is 21.3 Å². The first-order valence-corrected chi connectivity index (χ1v) is 4.21. The topological polar surface area (TPSA) is 83.2 Å². The van der Waals surface area contributed by atoms with Crippen molar-refractivity contribution in [3.8, 4) is 0 Å². The van der Waals surface area contributed by atoms with Gasteiger partial charge in [0.2, 0.25) is 5.91 Å². The maximum Gasteiger partial charge on any atom is 1.00 e. The van der Waals surface area contributed by atoms with Gasteiger partial charge in [-0.05, 0) is 5.56 Å². The van der Waals surface area contributed by atoms with Crippen LogP contribution in [-0.2, 0) is 4.79 Å². The summed E-state index contributed by atoms with van der Waals surface area (Å²) in [7, 11) is 0. The molecular formula is C9H7ClNNaO3. The smallest absolute Gasteiger partial charge is 0.545 e. The van der Waals surface area contributed by atoms with Gasteiger partial charge >= 0.3 is 29.6 Å². The number of carboxylic acid groups (broad SMARTS) is 1. The second-order valence-corrected chi connectivity index (χ2v) is 3.08. The van der Waals surface area contributed by atoms with Crippen LogP contribution in [0.5, 0.6) is 0 Å². The number of carbonyl (C=O) groups is 2. The van der Waals surface area contributed by atoms with Crippen molar-refractivity contribution in [1.29, 1.82) is 0 Å². The minimum atomic E-state index is -1.38. The number of amides is 1. The molecule has 15 heavy (non-hydrogen) atoms. The number of hydrogen-bond acceptors (Lipinski definition) is 3. The number of nitrogens with two attached hydrogens (primary N) is 1. The SMILES string of the molecule is NC(=O)C(Cl)c1ccccc1C(=O)[O-].[Na+]. The molecule has 2 N–H and O–H groups in total. The Balaban J connectivity index is 0.00000196. The Morgan fingerprint density at radius 3 is 2.33 bits per heavy atom. The molecule has 0 aliphatic carbocycles. The minimum Gasteiger partial charge on any atom is -0.545 e. The Hall–Kier alpha value is -0.550.